The molecule has 0 aliphatic carbocycles. The lowest BCUT2D eigenvalue weighted by Gasteiger charge is -1.98. The van der Waals surface area contributed by atoms with Gasteiger partial charge in [-0.1, -0.05) is 0 Å². The van der Waals surface area contributed by atoms with E-state index in [1.54, 1.807) is 24.5 Å². The lowest BCUT2D eigenvalue weighted by Crippen LogP contribution is -2.04. The average Bonchev–Trinajstić information content (AvgIpc) is 2.70. The van der Waals surface area contributed by atoms with Crippen LogP contribution in [-0.2, 0) is 6.42 Å². The zero-order valence-electron chi connectivity index (χ0n) is 8.30. The molecule has 4 nitrogen and oxygen atoms in total. The van der Waals surface area contributed by atoms with Gasteiger partial charge in [0, 0.05) is 12.4 Å². The van der Waals surface area contributed by atoms with E-state index in [1.807, 2.05) is 6.92 Å². The first-order chi connectivity index (χ1) is 7.25. The number of Topliss-reactive ketones (excluding diaryl/α,β-unsaturated/α-hetero) is 1. The van der Waals surface area contributed by atoms with Gasteiger partial charge in [0.1, 0.15) is 0 Å². The Balaban J connectivity index is 2.13. The Kier molecular flexibility index (Phi) is 2.58. The molecular formula is C11H10N2O2. The van der Waals surface area contributed by atoms with Gasteiger partial charge in [-0.3, -0.25) is 14.8 Å². The van der Waals surface area contributed by atoms with Crippen molar-refractivity contribution in [2.24, 2.45) is 0 Å². The SMILES string of the molecule is Cc1cncc(CC(=O)c2ccco2)n1. The highest BCUT2D eigenvalue weighted by Crippen LogP contribution is 2.05. The largest absolute Gasteiger partial charge is 0.461 e. The molecule has 15 heavy (non-hydrogen) atoms. The fourth-order valence-electron chi connectivity index (χ4n) is 1.29. The van der Waals surface area contributed by atoms with Gasteiger partial charge in [0.15, 0.2) is 5.76 Å². The maximum Gasteiger partial charge on any atom is 0.203 e. The first-order valence-corrected chi connectivity index (χ1v) is 4.60. The highest BCUT2D eigenvalue weighted by Gasteiger charge is 2.10. The second-order valence-corrected chi connectivity index (χ2v) is 3.23. The summed E-state index contributed by atoms with van der Waals surface area (Å²) < 4.78 is 5.00. The Morgan fingerprint density at radius 2 is 2.33 bits per heavy atom. The second kappa shape index (κ2) is 4.04. The topological polar surface area (TPSA) is 56.0 Å². The molecule has 0 N–H and O–H groups in total. The van der Waals surface area contributed by atoms with Gasteiger partial charge in [-0.15, -0.1) is 0 Å². The van der Waals surface area contributed by atoms with Crippen LogP contribution in [0.3, 0.4) is 0 Å². The van der Waals surface area contributed by atoms with E-state index < -0.39 is 0 Å². The third-order valence-corrected chi connectivity index (χ3v) is 1.94. The number of nitrogens with zero attached hydrogens (tertiary/aromatic N) is 2. The first-order valence-electron chi connectivity index (χ1n) is 4.60. The van der Waals surface area contributed by atoms with Crippen molar-refractivity contribution in [3.05, 3.63) is 47.9 Å². The van der Waals surface area contributed by atoms with E-state index in [0.717, 1.165) is 5.69 Å². The molecule has 0 atom stereocenters. The number of carbonyl (C=O) groups is 1. The van der Waals surface area contributed by atoms with Crippen LogP contribution < -0.4 is 0 Å². The van der Waals surface area contributed by atoms with Gasteiger partial charge in [-0.2, -0.15) is 0 Å². The molecule has 0 aliphatic rings. The average molecular weight is 202 g/mol. The Bertz CT molecular complexity index is 463. The lowest BCUT2D eigenvalue weighted by atomic mass is 10.2. The highest BCUT2D eigenvalue weighted by molar-refractivity contribution is 5.94. The molecule has 4 heteroatoms. The smallest absolute Gasteiger partial charge is 0.203 e. The molecule has 0 unspecified atom stereocenters. The van der Waals surface area contributed by atoms with Crippen molar-refractivity contribution in [3.8, 4) is 0 Å². The molecule has 0 radical (unpaired) electrons. The molecule has 0 aromatic carbocycles. The predicted molar refractivity (Wildman–Crippen MR) is 53.5 cm³/mol. The van der Waals surface area contributed by atoms with Gasteiger partial charge in [0.2, 0.25) is 5.78 Å². The van der Waals surface area contributed by atoms with Gasteiger partial charge in [-0.25, -0.2) is 0 Å². The highest BCUT2D eigenvalue weighted by atomic mass is 16.3. The van der Waals surface area contributed by atoms with Crippen LogP contribution in [-0.4, -0.2) is 15.8 Å². The summed E-state index contributed by atoms with van der Waals surface area (Å²) in [5.41, 5.74) is 1.47. The predicted octanol–water partition coefficient (Wildman–Crippen LogP) is 1.80. The molecule has 2 heterocycles. The first kappa shape index (κ1) is 9.58. The van der Waals surface area contributed by atoms with Crippen LogP contribution in [0.1, 0.15) is 21.9 Å². The van der Waals surface area contributed by atoms with E-state index in [-0.39, 0.29) is 12.2 Å². The molecule has 0 saturated carbocycles. The van der Waals surface area contributed by atoms with Crippen molar-refractivity contribution in [3.63, 3.8) is 0 Å². The molecular weight excluding hydrogens is 192 g/mol. The molecule has 0 fully saturated rings. The molecule has 0 spiro atoms. The fraction of sp³-hybridized carbons (Fsp3) is 0.182. The summed E-state index contributed by atoms with van der Waals surface area (Å²) >= 11 is 0. The maximum absolute atomic E-state index is 11.6. The van der Waals surface area contributed by atoms with Crippen LogP contribution in [0.2, 0.25) is 0 Å². The van der Waals surface area contributed by atoms with Crippen LogP contribution in [0, 0.1) is 6.92 Å². The van der Waals surface area contributed by atoms with E-state index >= 15 is 0 Å². The van der Waals surface area contributed by atoms with Crippen LogP contribution >= 0.6 is 0 Å². The number of hydrogen-bond donors (Lipinski definition) is 0. The normalized spacial score (nSPS) is 10.2. The zero-order valence-corrected chi connectivity index (χ0v) is 8.30. The molecule has 76 valence electrons. The van der Waals surface area contributed by atoms with Crippen molar-refractivity contribution < 1.29 is 9.21 Å². The number of rotatable bonds is 3. The molecule has 2 rings (SSSR count). The molecule has 0 aliphatic heterocycles. The van der Waals surface area contributed by atoms with Gasteiger partial charge >= 0.3 is 0 Å². The number of aromatic nitrogens is 2. The summed E-state index contributed by atoms with van der Waals surface area (Å²) in [7, 11) is 0. The lowest BCUT2D eigenvalue weighted by molar-refractivity contribution is 0.0965. The third kappa shape index (κ3) is 2.28. The van der Waals surface area contributed by atoms with Crippen molar-refractivity contribution in [2.75, 3.05) is 0 Å². The number of carbonyl (C=O) groups excluding carboxylic acids is 1. The number of ketones is 1. The van der Waals surface area contributed by atoms with Crippen LogP contribution in [0.5, 0.6) is 0 Å². The zero-order chi connectivity index (χ0) is 10.7. The van der Waals surface area contributed by atoms with Gasteiger partial charge in [0.05, 0.1) is 24.1 Å². The van der Waals surface area contributed by atoms with Crippen molar-refractivity contribution in [2.45, 2.75) is 13.3 Å². The van der Waals surface area contributed by atoms with E-state index in [0.29, 0.717) is 11.5 Å². The fourth-order valence-corrected chi connectivity index (χ4v) is 1.29. The minimum absolute atomic E-state index is 0.0834. The van der Waals surface area contributed by atoms with Gasteiger partial charge < -0.3 is 4.42 Å². The summed E-state index contributed by atoms with van der Waals surface area (Å²) in [5, 5.41) is 0. The quantitative estimate of drug-likeness (QED) is 0.712. The number of aryl methyl sites for hydroxylation is 1. The summed E-state index contributed by atoms with van der Waals surface area (Å²) in [6.45, 7) is 1.84. The minimum atomic E-state index is -0.0834. The Morgan fingerprint density at radius 1 is 1.47 bits per heavy atom. The molecule has 0 saturated heterocycles. The van der Waals surface area contributed by atoms with Crippen molar-refractivity contribution >= 4 is 5.78 Å². The number of furan rings is 1. The van der Waals surface area contributed by atoms with Crippen LogP contribution in [0.25, 0.3) is 0 Å². The standard InChI is InChI=1S/C11H10N2O2/c1-8-6-12-7-9(13-8)5-10(14)11-3-2-4-15-11/h2-4,6-7H,5H2,1H3. The monoisotopic (exact) mass is 202 g/mol. The van der Waals surface area contributed by atoms with Crippen LogP contribution in [0.4, 0.5) is 0 Å². The van der Waals surface area contributed by atoms with E-state index in [2.05, 4.69) is 9.97 Å². The second-order valence-electron chi connectivity index (χ2n) is 3.23. The summed E-state index contributed by atoms with van der Waals surface area (Å²) in [5.74, 6) is 0.276. The van der Waals surface area contributed by atoms with E-state index in [1.165, 1.54) is 6.26 Å². The minimum Gasteiger partial charge on any atom is -0.461 e. The molecule has 0 amide bonds. The molecule has 0 bridgehead atoms. The molecule has 2 aromatic rings. The van der Waals surface area contributed by atoms with Crippen molar-refractivity contribution in [1.82, 2.24) is 9.97 Å². The summed E-state index contributed by atoms with van der Waals surface area (Å²) in [4.78, 5) is 19.8. The summed E-state index contributed by atoms with van der Waals surface area (Å²) in [6.07, 6.45) is 4.95. The number of hydrogen-bond acceptors (Lipinski definition) is 4. The van der Waals surface area contributed by atoms with Crippen molar-refractivity contribution in [1.29, 1.82) is 0 Å². The van der Waals surface area contributed by atoms with Gasteiger partial charge in [0.25, 0.3) is 0 Å². The van der Waals surface area contributed by atoms with Gasteiger partial charge in [-0.05, 0) is 19.1 Å². The Labute approximate surface area is 87.0 Å². The summed E-state index contributed by atoms with van der Waals surface area (Å²) in [6, 6.07) is 3.33. The molecule has 2 aromatic heterocycles. The Hall–Kier alpha value is -1.97. The van der Waals surface area contributed by atoms with E-state index in [9.17, 15) is 4.79 Å². The van der Waals surface area contributed by atoms with Crippen LogP contribution in [0.15, 0.2) is 35.2 Å². The third-order valence-electron chi connectivity index (χ3n) is 1.94. The Morgan fingerprint density at radius 3 is 3.00 bits per heavy atom. The van der Waals surface area contributed by atoms with E-state index in [4.69, 9.17) is 4.42 Å². The maximum atomic E-state index is 11.6.